The number of nitrogens with one attached hydrogen (secondary N) is 1. The number of amides is 1. The van der Waals surface area contributed by atoms with Crippen LogP contribution in [0.5, 0.6) is 5.75 Å². The normalized spacial score (nSPS) is 10.5. The minimum Gasteiger partial charge on any atom is -0.492 e. The fraction of sp³-hybridized carbons (Fsp3) is 0.333. The Bertz CT molecular complexity index is 606. The number of benzene rings is 1. The van der Waals surface area contributed by atoms with Crippen LogP contribution in [-0.4, -0.2) is 24.0 Å². The van der Waals surface area contributed by atoms with Gasteiger partial charge in [0.15, 0.2) is 0 Å². The van der Waals surface area contributed by atoms with Crippen molar-refractivity contribution in [3.8, 4) is 5.75 Å². The number of ether oxygens (including phenoxy) is 1. The number of carbonyl (C=O) groups excluding carboxylic acids is 1. The molecule has 1 aromatic heterocycles. The monoisotopic (exact) mass is 358 g/mol. The van der Waals surface area contributed by atoms with E-state index in [0.717, 1.165) is 11.4 Å². The minimum atomic E-state index is 0.0161. The summed E-state index contributed by atoms with van der Waals surface area (Å²) >= 11 is 13.4. The highest BCUT2D eigenvalue weighted by molar-refractivity contribution is 7.09. The van der Waals surface area contributed by atoms with Crippen LogP contribution in [-0.2, 0) is 11.2 Å². The summed E-state index contributed by atoms with van der Waals surface area (Å²) < 4.78 is 5.53. The molecular formula is C15H16Cl2N2O2S. The molecule has 2 aromatic rings. The van der Waals surface area contributed by atoms with Gasteiger partial charge in [0.2, 0.25) is 5.91 Å². The SMILES string of the molecule is O=C(CCCOc1ccc(Cl)cc1Cl)NCCc1nccs1. The highest BCUT2D eigenvalue weighted by Crippen LogP contribution is 2.27. The van der Waals surface area contributed by atoms with Gasteiger partial charge < -0.3 is 10.1 Å². The molecule has 0 aliphatic heterocycles. The fourth-order valence-corrected chi connectivity index (χ4v) is 2.86. The molecule has 0 radical (unpaired) electrons. The predicted octanol–water partition coefficient (Wildman–Crippen LogP) is 3.97. The molecule has 0 atom stereocenters. The summed E-state index contributed by atoms with van der Waals surface area (Å²) in [7, 11) is 0. The lowest BCUT2D eigenvalue weighted by atomic mass is 10.3. The Morgan fingerprint density at radius 2 is 2.23 bits per heavy atom. The maximum atomic E-state index is 11.7. The standard InChI is InChI=1S/C15H16Cl2N2O2S/c16-11-3-4-13(12(17)10-11)21-8-1-2-14(20)18-6-5-15-19-7-9-22-15/h3-4,7,9-10H,1-2,5-6,8H2,(H,18,20). The number of rotatable bonds is 8. The van der Waals surface area contributed by atoms with Crippen LogP contribution in [0.1, 0.15) is 17.8 Å². The average Bonchev–Trinajstić information content (AvgIpc) is 2.99. The lowest BCUT2D eigenvalue weighted by molar-refractivity contribution is -0.121. The summed E-state index contributed by atoms with van der Waals surface area (Å²) in [6, 6.07) is 5.07. The van der Waals surface area contributed by atoms with Crippen molar-refractivity contribution in [2.24, 2.45) is 0 Å². The molecule has 1 amide bonds. The van der Waals surface area contributed by atoms with Gasteiger partial charge in [-0.3, -0.25) is 4.79 Å². The summed E-state index contributed by atoms with van der Waals surface area (Å²) in [6.07, 6.45) is 3.58. The van der Waals surface area contributed by atoms with Crippen LogP contribution in [0.4, 0.5) is 0 Å². The van der Waals surface area contributed by atoms with E-state index >= 15 is 0 Å². The largest absolute Gasteiger partial charge is 0.492 e. The summed E-state index contributed by atoms with van der Waals surface area (Å²) in [5, 5.41) is 6.86. The Hall–Kier alpha value is -1.30. The van der Waals surface area contributed by atoms with Gasteiger partial charge in [0.1, 0.15) is 5.75 Å². The summed E-state index contributed by atoms with van der Waals surface area (Å²) in [5.41, 5.74) is 0. The summed E-state index contributed by atoms with van der Waals surface area (Å²) in [4.78, 5) is 15.8. The van der Waals surface area contributed by atoms with E-state index in [1.165, 1.54) is 0 Å². The molecule has 0 bridgehead atoms. The highest BCUT2D eigenvalue weighted by atomic mass is 35.5. The topological polar surface area (TPSA) is 51.2 Å². The van der Waals surface area contributed by atoms with Gasteiger partial charge in [-0.15, -0.1) is 11.3 Å². The first-order valence-electron chi connectivity index (χ1n) is 6.88. The first kappa shape index (κ1) is 17.1. The molecule has 0 saturated heterocycles. The van der Waals surface area contributed by atoms with Crippen LogP contribution in [0.3, 0.4) is 0 Å². The van der Waals surface area contributed by atoms with E-state index in [1.54, 1.807) is 35.7 Å². The molecular weight excluding hydrogens is 343 g/mol. The molecule has 0 aliphatic rings. The molecule has 1 N–H and O–H groups in total. The molecule has 1 heterocycles. The first-order chi connectivity index (χ1) is 10.6. The number of carbonyl (C=O) groups is 1. The van der Waals surface area contributed by atoms with Crippen LogP contribution in [0.25, 0.3) is 0 Å². The molecule has 2 rings (SSSR count). The van der Waals surface area contributed by atoms with Crippen molar-refractivity contribution in [2.45, 2.75) is 19.3 Å². The van der Waals surface area contributed by atoms with Crippen molar-refractivity contribution < 1.29 is 9.53 Å². The van der Waals surface area contributed by atoms with E-state index in [9.17, 15) is 4.79 Å². The molecule has 0 saturated carbocycles. The lowest BCUT2D eigenvalue weighted by Crippen LogP contribution is -2.25. The number of halogens is 2. The number of hydrogen-bond donors (Lipinski definition) is 1. The van der Waals surface area contributed by atoms with E-state index in [-0.39, 0.29) is 5.91 Å². The lowest BCUT2D eigenvalue weighted by Gasteiger charge is -2.08. The number of hydrogen-bond acceptors (Lipinski definition) is 4. The van der Waals surface area contributed by atoms with Gasteiger partial charge in [-0.2, -0.15) is 0 Å². The molecule has 118 valence electrons. The highest BCUT2D eigenvalue weighted by Gasteiger charge is 2.04. The number of nitrogens with zero attached hydrogens (tertiary/aromatic N) is 1. The Kier molecular flexibility index (Phi) is 6.96. The first-order valence-corrected chi connectivity index (χ1v) is 8.51. The molecule has 4 nitrogen and oxygen atoms in total. The van der Waals surface area contributed by atoms with E-state index in [0.29, 0.717) is 41.8 Å². The van der Waals surface area contributed by atoms with Gasteiger partial charge >= 0.3 is 0 Å². The quantitative estimate of drug-likeness (QED) is 0.726. The number of aromatic nitrogens is 1. The van der Waals surface area contributed by atoms with Crippen LogP contribution in [0, 0.1) is 0 Å². The van der Waals surface area contributed by atoms with Crippen LogP contribution < -0.4 is 10.1 Å². The van der Waals surface area contributed by atoms with Gasteiger partial charge in [-0.1, -0.05) is 23.2 Å². The zero-order valence-electron chi connectivity index (χ0n) is 11.9. The molecule has 1 aromatic carbocycles. The van der Waals surface area contributed by atoms with Crippen molar-refractivity contribution in [3.63, 3.8) is 0 Å². The summed E-state index contributed by atoms with van der Waals surface area (Å²) in [5.74, 6) is 0.595. The van der Waals surface area contributed by atoms with Gasteiger partial charge in [0, 0.05) is 36.0 Å². The molecule has 0 spiro atoms. The average molecular weight is 359 g/mol. The minimum absolute atomic E-state index is 0.0161. The van der Waals surface area contributed by atoms with Crippen molar-refractivity contribution in [1.82, 2.24) is 10.3 Å². The zero-order chi connectivity index (χ0) is 15.8. The van der Waals surface area contributed by atoms with Crippen LogP contribution in [0.2, 0.25) is 10.0 Å². The molecule has 22 heavy (non-hydrogen) atoms. The molecule has 0 aliphatic carbocycles. The molecule has 0 unspecified atom stereocenters. The van der Waals surface area contributed by atoms with Gasteiger partial charge in [0.25, 0.3) is 0 Å². The van der Waals surface area contributed by atoms with E-state index < -0.39 is 0 Å². The second-order valence-electron chi connectivity index (χ2n) is 4.55. The van der Waals surface area contributed by atoms with Crippen molar-refractivity contribution in [2.75, 3.05) is 13.2 Å². The van der Waals surface area contributed by atoms with Crippen molar-refractivity contribution in [1.29, 1.82) is 0 Å². The molecule has 0 fully saturated rings. The Balaban J connectivity index is 1.58. The van der Waals surface area contributed by atoms with E-state index in [2.05, 4.69) is 10.3 Å². The molecule has 7 heteroatoms. The maximum absolute atomic E-state index is 11.7. The predicted molar refractivity (Wildman–Crippen MR) is 90.0 cm³/mol. The number of thiazole rings is 1. The Morgan fingerprint density at radius 1 is 1.36 bits per heavy atom. The Morgan fingerprint density at radius 3 is 2.95 bits per heavy atom. The smallest absolute Gasteiger partial charge is 0.220 e. The third-order valence-corrected chi connectivity index (χ3v) is 4.21. The second-order valence-corrected chi connectivity index (χ2v) is 6.38. The van der Waals surface area contributed by atoms with Gasteiger partial charge in [-0.05, 0) is 24.6 Å². The van der Waals surface area contributed by atoms with Gasteiger partial charge in [0.05, 0.1) is 16.6 Å². The third kappa shape index (κ3) is 5.83. The van der Waals surface area contributed by atoms with E-state index in [4.69, 9.17) is 27.9 Å². The van der Waals surface area contributed by atoms with Gasteiger partial charge in [-0.25, -0.2) is 4.98 Å². The Labute approximate surface area is 143 Å². The van der Waals surface area contributed by atoms with Crippen LogP contribution >= 0.6 is 34.5 Å². The van der Waals surface area contributed by atoms with Crippen molar-refractivity contribution >= 4 is 40.4 Å². The zero-order valence-corrected chi connectivity index (χ0v) is 14.2. The maximum Gasteiger partial charge on any atom is 0.220 e. The second kappa shape index (κ2) is 8.98. The third-order valence-electron chi connectivity index (χ3n) is 2.84. The van der Waals surface area contributed by atoms with Crippen molar-refractivity contribution in [3.05, 3.63) is 44.8 Å². The fourth-order valence-electron chi connectivity index (χ4n) is 1.78. The van der Waals surface area contributed by atoms with Crippen LogP contribution in [0.15, 0.2) is 29.8 Å². The summed E-state index contributed by atoms with van der Waals surface area (Å²) in [6.45, 7) is 1.04. The van der Waals surface area contributed by atoms with E-state index in [1.807, 2.05) is 5.38 Å².